The van der Waals surface area contributed by atoms with E-state index >= 15 is 0 Å². The van der Waals surface area contributed by atoms with Gasteiger partial charge in [0, 0.05) is 11.4 Å². The molecule has 0 aliphatic carbocycles. The highest BCUT2D eigenvalue weighted by molar-refractivity contribution is 5.67. The van der Waals surface area contributed by atoms with Crippen molar-refractivity contribution in [3.8, 4) is 0 Å². The molecule has 1 nitrogen and oxygen atoms in total. The van der Waals surface area contributed by atoms with E-state index < -0.39 is 5.41 Å². The Balaban J connectivity index is 1.79. The molecule has 172 valence electrons. The van der Waals surface area contributed by atoms with Gasteiger partial charge in [-0.1, -0.05) is 103 Å². The summed E-state index contributed by atoms with van der Waals surface area (Å²) in [6.45, 7) is 6.68. The Hall–Kier alpha value is -4.10. The van der Waals surface area contributed by atoms with E-state index in [1.54, 1.807) is 0 Å². The number of para-hydroxylation sites is 1. The lowest BCUT2D eigenvalue weighted by Gasteiger charge is -2.40. The highest BCUT2D eigenvalue weighted by atomic mass is 14.9. The van der Waals surface area contributed by atoms with Crippen molar-refractivity contribution < 1.29 is 0 Å². The van der Waals surface area contributed by atoms with Gasteiger partial charge in [0.1, 0.15) is 0 Å². The smallest absolute Gasteiger partial charge is 0.0709 e. The molecule has 5 aromatic rings. The van der Waals surface area contributed by atoms with Gasteiger partial charge < -0.3 is 5.32 Å². The van der Waals surface area contributed by atoms with Crippen LogP contribution in [-0.2, 0) is 5.41 Å². The largest absolute Gasteiger partial charge is 0.356 e. The van der Waals surface area contributed by atoms with Gasteiger partial charge in [-0.15, -0.1) is 0 Å². The monoisotopic (exact) mass is 453 g/mol. The highest BCUT2D eigenvalue weighted by Crippen LogP contribution is 2.48. The highest BCUT2D eigenvalue weighted by Gasteiger charge is 2.41. The first kappa shape index (κ1) is 22.7. The molecule has 0 spiro atoms. The van der Waals surface area contributed by atoms with Gasteiger partial charge in [-0.05, 0) is 84.0 Å². The number of anilines is 2. The Morgan fingerprint density at radius 1 is 0.400 bits per heavy atom. The zero-order valence-corrected chi connectivity index (χ0v) is 20.6. The molecule has 1 N–H and O–H groups in total. The van der Waals surface area contributed by atoms with Crippen molar-refractivity contribution in [2.75, 3.05) is 5.32 Å². The molecule has 5 rings (SSSR count). The first-order valence-electron chi connectivity index (χ1n) is 12.2. The van der Waals surface area contributed by atoms with Gasteiger partial charge in [0.25, 0.3) is 0 Å². The van der Waals surface area contributed by atoms with Gasteiger partial charge in [0.15, 0.2) is 0 Å². The number of benzene rings is 5. The fourth-order valence-corrected chi connectivity index (χ4v) is 5.37. The second kappa shape index (κ2) is 9.64. The topological polar surface area (TPSA) is 12.0 Å². The van der Waals surface area contributed by atoms with E-state index in [9.17, 15) is 0 Å². The number of hydrogen-bond donors (Lipinski definition) is 1. The van der Waals surface area contributed by atoms with Crippen LogP contribution in [0.5, 0.6) is 0 Å². The third-order valence-corrected chi connectivity index (χ3v) is 7.03. The molecule has 0 aliphatic rings. The quantitative estimate of drug-likeness (QED) is 0.253. The number of hydrogen-bond acceptors (Lipinski definition) is 1. The third-order valence-electron chi connectivity index (χ3n) is 7.03. The van der Waals surface area contributed by atoms with Crippen LogP contribution in [0.3, 0.4) is 0 Å². The van der Waals surface area contributed by atoms with E-state index in [1.165, 1.54) is 38.9 Å². The van der Waals surface area contributed by atoms with Crippen LogP contribution in [0, 0.1) is 20.8 Å². The lowest BCUT2D eigenvalue weighted by atomic mass is 9.62. The van der Waals surface area contributed by atoms with Gasteiger partial charge in [-0.2, -0.15) is 0 Å². The molecule has 0 aromatic heterocycles. The second-order valence-electron chi connectivity index (χ2n) is 9.26. The van der Waals surface area contributed by atoms with Crippen LogP contribution in [0.25, 0.3) is 0 Å². The molecule has 0 saturated heterocycles. The summed E-state index contributed by atoms with van der Waals surface area (Å²) in [5.41, 5.74) is 10.8. The fraction of sp³-hybridized carbons (Fsp3) is 0.118. The van der Waals surface area contributed by atoms with Gasteiger partial charge >= 0.3 is 0 Å². The normalized spacial score (nSPS) is 11.3. The first-order chi connectivity index (χ1) is 17.1. The van der Waals surface area contributed by atoms with Crippen LogP contribution in [0.4, 0.5) is 11.4 Å². The lowest BCUT2D eigenvalue weighted by Crippen LogP contribution is -2.33. The Labute approximate surface area is 209 Å². The Morgan fingerprint density at radius 2 is 0.771 bits per heavy atom. The minimum atomic E-state index is -0.437. The van der Waals surface area contributed by atoms with Crippen LogP contribution in [-0.4, -0.2) is 0 Å². The van der Waals surface area contributed by atoms with E-state index in [1.807, 2.05) is 6.07 Å². The Morgan fingerprint density at radius 3 is 1.20 bits per heavy atom. The van der Waals surface area contributed by atoms with Gasteiger partial charge in [-0.25, -0.2) is 0 Å². The zero-order valence-electron chi connectivity index (χ0n) is 20.6. The Bertz CT molecular complexity index is 1320. The maximum atomic E-state index is 3.54. The summed E-state index contributed by atoms with van der Waals surface area (Å²) in [7, 11) is 0. The first-order valence-corrected chi connectivity index (χ1v) is 12.2. The summed E-state index contributed by atoms with van der Waals surface area (Å²) in [4.78, 5) is 0. The van der Waals surface area contributed by atoms with Crippen LogP contribution in [0.15, 0.2) is 127 Å². The maximum Gasteiger partial charge on any atom is 0.0709 e. The molecular weight excluding hydrogens is 422 g/mol. The number of nitrogens with one attached hydrogen (secondary N) is 1. The third kappa shape index (κ3) is 4.15. The molecular formula is C34H31N. The maximum absolute atomic E-state index is 3.54. The van der Waals surface area contributed by atoms with Gasteiger partial charge in [-0.3, -0.25) is 0 Å². The Kier molecular flexibility index (Phi) is 6.25. The molecule has 0 radical (unpaired) electrons. The van der Waals surface area contributed by atoms with E-state index in [-0.39, 0.29) is 0 Å². The average Bonchev–Trinajstić information content (AvgIpc) is 2.89. The van der Waals surface area contributed by atoms with Crippen LogP contribution in [0.1, 0.15) is 38.9 Å². The molecule has 0 atom stereocenters. The molecule has 0 fully saturated rings. The molecule has 0 bridgehead atoms. The van der Waals surface area contributed by atoms with Gasteiger partial charge in [0.2, 0.25) is 0 Å². The minimum Gasteiger partial charge on any atom is -0.356 e. The standard InChI is InChI=1S/C34H31N/c1-25-13-7-10-18-31(25)34(32-19-11-8-14-26(32)2,33-20-12-9-15-27(33)3)28-21-23-30(24-22-28)35-29-16-5-4-6-17-29/h4-24,35H,1-3H3. The summed E-state index contributed by atoms with van der Waals surface area (Å²) in [5, 5.41) is 3.54. The van der Waals surface area contributed by atoms with E-state index in [4.69, 9.17) is 0 Å². The van der Waals surface area contributed by atoms with Gasteiger partial charge in [0.05, 0.1) is 5.41 Å². The predicted molar refractivity (Wildman–Crippen MR) is 149 cm³/mol. The number of rotatable bonds is 6. The summed E-state index contributed by atoms with van der Waals surface area (Å²) >= 11 is 0. The molecule has 0 amide bonds. The van der Waals surface area contributed by atoms with Crippen LogP contribution >= 0.6 is 0 Å². The molecule has 0 heterocycles. The molecule has 1 heteroatoms. The summed E-state index contributed by atoms with van der Waals surface area (Å²) in [5.74, 6) is 0. The molecule has 5 aromatic carbocycles. The lowest BCUT2D eigenvalue weighted by molar-refractivity contribution is 0.726. The zero-order chi connectivity index (χ0) is 24.3. The molecule has 0 unspecified atom stereocenters. The predicted octanol–water partition coefficient (Wildman–Crippen LogP) is 8.74. The van der Waals surface area contributed by atoms with Crippen molar-refractivity contribution in [3.63, 3.8) is 0 Å². The summed E-state index contributed by atoms with van der Waals surface area (Å²) in [6, 6.07) is 45.8. The fourth-order valence-electron chi connectivity index (χ4n) is 5.37. The van der Waals surface area contributed by atoms with Crippen molar-refractivity contribution in [2.24, 2.45) is 0 Å². The van der Waals surface area contributed by atoms with E-state index in [0.717, 1.165) is 11.4 Å². The van der Waals surface area contributed by atoms with E-state index in [0.29, 0.717) is 0 Å². The van der Waals surface area contributed by atoms with Crippen molar-refractivity contribution in [3.05, 3.63) is 166 Å². The van der Waals surface area contributed by atoms with Crippen molar-refractivity contribution in [2.45, 2.75) is 26.2 Å². The van der Waals surface area contributed by atoms with Crippen molar-refractivity contribution in [1.29, 1.82) is 0 Å². The minimum absolute atomic E-state index is 0.437. The van der Waals surface area contributed by atoms with Crippen LogP contribution in [0.2, 0.25) is 0 Å². The second-order valence-corrected chi connectivity index (χ2v) is 9.26. The van der Waals surface area contributed by atoms with E-state index in [2.05, 4.69) is 147 Å². The molecule has 0 aliphatic heterocycles. The van der Waals surface area contributed by atoms with Crippen molar-refractivity contribution >= 4 is 11.4 Å². The molecule has 35 heavy (non-hydrogen) atoms. The summed E-state index contributed by atoms with van der Waals surface area (Å²) < 4.78 is 0. The SMILES string of the molecule is Cc1ccccc1C(c1ccc(Nc2ccccc2)cc1)(c1ccccc1C)c1ccccc1C. The van der Waals surface area contributed by atoms with Crippen molar-refractivity contribution in [1.82, 2.24) is 0 Å². The van der Waals surface area contributed by atoms with Crippen LogP contribution < -0.4 is 5.32 Å². The average molecular weight is 454 g/mol. The summed E-state index contributed by atoms with van der Waals surface area (Å²) in [6.07, 6.45) is 0. The molecule has 0 saturated carbocycles. The number of aryl methyl sites for hydroxylation is 3.